The number of nitrogens with zero attached hydrogens (tertiary/aromatic N) is 2. The van der Waals surface area contributed by atoms with Crippen molar-refractivity contribution in [2.45, 2.75) is 31.7 Å². The second kappa shape index (κ2) is 4.46. The highest BCUT2D eigenvalue weighted by atomic mass is 16.2. The molecule has 0 atom stereocenters. The lowest BCUT2D eigenvalue weighted by atomic mass is 9.74. The van der Waals surface area contributed by atoms with Crippen LogP contribution in [0.15, 0.2) is 23.2 Å². The Balaban J connectivity index is 1.89. The minimum Gasteiger partial charge on any atom is -0.343 e. The summed E-state index contributed by atoms with van der Waals surface area (Å²) in [6, 6.07) is 6.28. The number of amides is 1. The molecule has 0 aliphatic carbocycles. The number of likely N-dealkylation sites (tertiary alicyclic amines) is 1. The van der Waals surface area contributed by atoms with Gasteiger partial charge in [-0.3, -0.25) is 9.79 Å². The van der Waals surface area contributed by atoms with Gasteiger partial charge in [0.2, 0.25) is 5.91 Å². The normalized spacial score (nSPS) is 19.8. The number of hydrogen-bond donors (Lipinski definition) is 1. The average Bonchev–Trinajstić information content (AvgIpc) is 2.78. The van der Waals surface area contributed by atoms with Crippen molar-refractivity contribution in [2.75, 3.05) is 13.1 Å². The third-order valence-electron chi connectivity index (χ3n) is 4.38. The average molecular weight is 257 g/mol. The largest absolute Gasteiger partial charge is 0.343 e. The zero-order valence-corrected chi connectivity index (χ0v) is 11.2. The Bertz CT molecular complexity index is 542. The molecule has 1 spiro atoms. The quantitative estimate of drug-likeness (QED) is 0.833. The molecule has 1 aromatic carbocycles. The number of carbonyl (C=O) groups is 1. The second-order valence-corrected chi connectivity index (χ2v) is 5.48. The minimum atomic E-state index is 0.0203. The number of fused-ring (bicyclic) bond motifs is 2. The molecule has 2 aliphatic rings. The number of rotatable bonds is 1. The van der Waals surface area contributed by atoms with Crippen LogP contribution in [0.2, 0.25) is 0 Å². The Morgan fingerprint density at radius 1 is 1.42 bits per heavy atom. The van der Waals surface area contributed by atoms with Crippen LogP contribution in [0.4, 0.5) is 5.69 Å². The second-order valence-electron chi connectivity index (χ2n) is 5.48. The topological polar surface area (TPSA) is 58.7 Å². The van der Waals surface area contributed by atoms with E-state index < -0.39 is 0 Å². The van der Waals surface area contributed by atoms with Gasteiger partial charge in [0.25, 0.3) is 0 Å². The fourth-order valence-corrected chi connectivity index (χ4v) is 3.10. The predicted octanol–water partition coefficient (Wildman–Crippen LogP) is 1.74. The van der Waals surface area contributed by atoms with Crippen LogP contribution < -0.4 is 5.73 Å². The lowest BCUT2D eigenvalue weighted by Gasteiger charge is -2.38. The van der Waals surface area contributed by atoms with E-state index in [1.54, 1.807) is 6.92 Å². The van der Waals surface area contributed by atoms with Crippen molar-refractivity contribution in [1.29, 1.82) is 0 Å². The van der Waals surface area contributed by atoms with Gasteiger partial charge in [0.05, 0.1) is 5.69 Å². The Labute approximate surface area is 113 Å². The molecule has 0 radical (unpaired) electrons. The van der Waals surface area contributed by atoms with Crippen molar-refractivity contribution in [1.82, 2.24) is 4.90 Å². The fraction of sp³-hybridized carbons (Fsp3) is 0.467. The van der Waals surface area contributed by atoms with Crippen molar-refractivity contribution in [2.24, 2.45) is 10.7 Å². The van der Waals surface area contributed by atoms with Gasteiger partial charge in [0, 0.05) is 38.2 Å². The van der Waals surface area contributed by atoms with E-state index in [2.05, 4.69) is 23.3 Å². The summed E-state index contributed by atoms with van der Waals surface area (Å²) < 4.78 is 0. The highest BCUT2D eigenvalue weighted by molar-refractivity contribution is 5.86. The molecule has 0 saturated carbocycles. The maximum Gasteiger partial charge on any atom is 0.219 e. The van der Waals surface area contributed by atoms with Gasteiger partial charge >= 0.3 is 0 Å². The Morgan fingerprint density at radius 3 is 2.79 bits per heavy atom. The fourth-order valence-electron chi connectivity index (χ4n) is 3.10. The summed E-state index contributed by atoms with van der Waals surface area (Å²) >= 11 is 0. The van der Waals surface area contributed by atoms with Crippen LogP contribution in [0.5, 0.6) is 0 Å². The summed E-state index contributed by atoms with van der Waals surface area (Å²) in [5, 5.41) is 0. The molecule has 0 bridgehead atoms. The molecule has 1 saturated heterocycles. The number of aliphatic imine (C=N–C) groups is 1. The molecule has 0 unspecified atom stereocenters. The van der Waals surface area contributed by atoms with E-state index in [0.717, 1.165) is 37.2 Å². The van der Waals surface area contributed by atoms with Crippen molar-refractivity contribution in [3.8, 4) is 0 Å². The van der Waals surface area contributed by atoms with Crippen LogP contribution in [0.25, 0.3) is 0 Å². The first-order valence-corrected chi connectivity index (χ1v) is 6.79. The molecule has 2 heterocycles. The highest BCUT2D eigenvalue weighted by Gasteiger charge is 2.39. The van der Waals surface area contributed by atoms with E-state index >= 15 is 0 Å². The smallest absolute Gasteiger partial charge is 0.219 e. The van der Waals surface area contributed by atoms with Crippen LogP contribution in [0.1, 0.15) is 30.9 Å². The minimum absolute atomic E-state index is 0.0203. The summed E-state index contributed by atoms with van der Waals surface area (Å²) in [5.41, 5.74) is 9.25. The SMILES string of the molecule is CC(=O)N1CCC2(C=Nc3ccc(CN)cc32)CC1. The number of piperidine rings is 1. The Kier molecular flexibility index (Phi) is 2.90. The van der Waals surface area contributed by atoms with Crippen molar-refractivity contribution < 1.29 is 4.79 Å². The third kappa shape index (κ3) is 1.96. The first kappa shape index (κ1) is 12.4. The summed E-state index contributed by atoms with van der Waals surface area (Å²) in [5.74, 6) is 0.167. The Hall–Kier alpha value is -1.68. The van der Waals surface area contributed by atoms with E-state index in [9.17, 15) is 4.79 Å². The molecular weight excluding hydrogens is 238 g/mol. The van der Waals surface area contributed by atoms with Crippen molar-refractivity contribution >= 4 is 17.8 Å². The molecule has 19 heavy (non-hydrogen) atoms. The van der Waals surface area contributed by atoms with E-state index in [4.69, 9.17) is 5.73 Å². The van der Waals surface area contributed by atoms with Crippen LogP contribution in [-0.2, 0) is 16.8 Å². The first-order chi connectivity index (χ1) is 9.14. The third-order valence-corrected chi connectivity index (χ3v) is 4.38. The maximum absolute atomic E-state index is 11.4. The van der Waals surface area contributed by atoms with Gasteiger partial charge in [0.1, 0.15) is 0 Å². The molecule has 1 fully saturated rings. The number of nitrogens with two attached hydrogens (primary N) is 1. The van der Waals surface area contributed by atoms with Crippen LogP contribution in [0.3, 0.4) is 0 Å². The van der Waals surface area contributed by atoms with Gasteiger partial charge in [-0.25, -0.2) is 0 Å². The molecule has 0 aromatic heterocycles. The standard InChI is InChI=1S/C15H19N3O/c1-11(19)18-6-4-15(5-7-18)10-17-14-3-2-12(9-16)8-13(14)15/h2-3,8,10H,4-7,9,16H2,1H3. The van der Waals surface area contributed by atoms with Crippen LogP contribution in [0, 0.1) is 0 Å². The molecular formula is C15H19N3O. The van der Waals surface area contributed by atoms with E-state index in [1.165, 1.54) is 5.56 Å². The zero-order valence-electron chi connectivity index (χ0n) is 11.2. The summed E-state index contributed by atoms with van der Waals surface area (Å²) in [7, 11) is 0. The molecule has 2 N–H and O–H groups in total. The summed E-state index contributed by atoms with van der Waals surface area (Å²) in [6.45, 7) is 3.82. The van der Waals surface area contributed by atoms with E-state index in [1.807, 2.05) is 11.0 Å². The molecule has 2 aliphatic heterocycles. The molecule has 1 amide bonds. The van der Waals surface area contributed by atoms with Gasteiger partial charge in [-0.15, -0.1) is 0 Å². The summed E-state index contributed by atoms with van der Waals surface area (Å²) in [6.07, 6.45) is 3.99. The Morgan fingerprint density at radius 2 is 2.16 bits per heavy atom. The molecule has 100 valence electrons. The van der Waals surface area contributed by atoms with Crippen LogP contribution in [-0.4, -0.2) is 30.1 Å². The van der Waals surface area contributed by atoms with Gasteiger partial charge in [-0.1, -0.05) is 12.1 Å². The number of carbonyl (C=O) groups excluding carboxylic acids is 1. The van der Waals surface area contributed by atoms with E-state index in [0.29, 0.717) is 6.54 Å². The molecule has 4 heteroatoms. The number of hydrogen-bond acceptors (Lipinski definition) is 3. The zero-order chi connectivity index (χ0) is 13.5. The lowest BCUT2D eigenvalue weighted by molar-refractivity contribution is -0.130. The monoisotopic (exact) mass is 257 g/mol. The van der Waals surface area contributed by atoms with Gasteiger partial charge in [-0.05, 0) is 30.0 Å². The molecule has 3 rings (SSSR count). The predicted molar refractivity (Wildman–Crippen MR) is 75.7 cm³/mol. The lowest BCUT2D eigenvalue weighted by Crippen LogP contribution is -2.44. The first-order valence-electron chi connectivity index (χ1n) is 6.79. The van der Waals surface area contributed by atoms with E-state index in [-0.39, 0.29) is 11.3 Å². The maximum atomic E-state index is 11.4. The number of benzene rings is 1. The van der Waals surface area contributed by atoms with Gasteiger partial charge in [0.15, 0.2) is 0 Å². The summed E-state index contributed by atoms with van der Waals surface area (Å²) in [4.78, 5) is 17.9. The van der Waals surface area contributed by atoms with Crippen molar-refractivity contribution in [3.63, 3.8) is 0 Å². The molecule has 4 nitrogen and oxygen atoms in total. The highest BCUT2D eigenvalue weighted by Crippen LogP contribution is 2.43. The van der Waals surface area contributed by atoms with Gasteiger partial charge < -0.3 is 10.6 Å². The van der Waals surface area contributed by atoms with Gasteiger partial charge in [-0.2, -0.15) is 0 Å². The van der Waals surface area contributed by atoms with Crippen LogP contribution >= 0.6 is 0 Å². The molecule has 1 aromatic rings. The van der Waals surface area contributed by atoms with Crippen molar-refractivity contribution in [3.05, 3.63) is 29.3 Å².